The van der Waals surface area contributed by atoms with Gasteiger partial charge in [0, 0.05) is 5.92 Å². The minimum Gasteiger partial charge on any atom is -0.480 e. The first-order valence-electron chi connectivity index (χ1n) is 8.16. The third kappa shape index (κ3) is 7.45. The summed E-state index contributed by atoms with van der Waals surface area (Å²) in [6, 6.07) is -1.46. The second-order valence-electron chi connectivity index (χ2n) is 7.16. The van der Waals surface area contributed by atoms with Gasteiger partial charge in [-0.3, -0.25) is 9.59 Å². The lowest BCUT2D eigenvalue weighted by molar-refractivity contribution is -0.152. The summed E-state index contributed by atoms with van der Waals surface area (Å²) < 4.78 is 0. The molecule has 0 aliphatic carbocycles. The maximum atomic E-state index is 12.9. The first-order valence-corrected chi connectivity index (χ1v) is 9.21. The van der Waals surface area contributed by atoms with Crippen molar-refractivity contribution in [2.75, 3.05) is 5.75 Å². The van der Waals surface area contributed by atoms with Crippen molar-refractivity contribution in [3.63, 3.8) is 0 Å². The highest BCUT2D eigenvalue weighted by Crippen LogP contribution is 2.46. The Morgan fingerprint density at radius 1 is 1.29 bits per heavy atom. The van der Waals surface area contributed by atoms with Gasteiger partial charge in [0.15, 0.2) is 0 Å². The lowest BCUT2D eigenvalue weighted by Gasteiger charge is -2.32. The van der Waals surface area contributed by atoms with Crippen molar-refractivity contribution in [1.82, 2.24) is 10.2 Å². The number of carbonyl (C=O) groups excluding carboxylic acids is 2. The van der Waals surface area contributed by atoms with Crippen molar-refractivity contribution in [2.24, 2.45) is 11.3 Å². The SMILES string of the molecule is C.CC[C@@H](C)C(=O)N[C@H]1CCS[C@H]2CC(C)(C)[C@@H](C(=O)O)N2C1=O.S.S.S.S. The van der Waals surface area contributed by atoms with E-state index in [1.807, 2.05) is 27.7 Å². The molecule has 0 spiro atoms. The van der Waals surface area contributed by atoms with Crippen molar-refractivity contribution in [3.8, 4) is 0 Å². The fourth-order valence-electron chi connectivity index (χ4n) is 3.32. The molecule has 2 fully saturated rings. The normalized spacial score (nSPS) is 25.6. The van der Waals surface area contributed by atoms with Crippen LogP contribution in [-0.2, 0) is 14.4 Å². The van der Waals surface area contributed by atoms with Gasteiger partial charge in [-0.15, -0.1) is 11.8 Å². The quantitative estimate of drug-likeness (QED) is 0.628. The van der Waals surface area contributed by atoms with E-state index < -0.39 is 23.5 Å². The number of rotatable bonds is 4. The summed E-state index contributed by atoms with van der Waals surface area (Å²) in [7, 11) is 0. The van der Waals surface area contributed by atoms with Crippen molar-refractivity contribution in [2.45, 2.75) is 71.8 Å². The third-order valence-corrected chi connectivity index (χ3v) is 6.16. The van der Waals surface area contributed by atoms with Gasteiger partial charge in [0.05, 0.1) is 5.37 Å². The van der Waals surface area contributed by atoms with E-state index in [2.05, 4.69) is 5.32 Å². The molecule has 0 unspecified atom stereocenters. The minimum absolute atomic E-state index is 0. The maximum absolute atomic E-state index is 12.9. The van der Waals surface area contributed by atoms with Gasteiger partial charge < -0.3 is 15.3 Å². The lowest BCUT2D eigenvalue weighted by Crippen LogP contribution is -2.54. The molecule has 28 heavy (non-hydrogen) atoms. The number of hydrogen-bond donors (Lipinski definition) is 2. The van der Waals surface area contributed by atoms with Crippen LogP contribution >= 0.6 is 65.7 Å². The Morgan fingerprint density at radius 2 is 1.82 bits per heavy atom. The molecule has 2 saturated heterocycles. The lowest BCUT2D eigenvalue weighted by atomic mass is 9.84. The zero-order chi connectivity index (χ0) is 17.4. The number of nitrogens with one attached hydrogen (secondary N) is 1. The zero-order valence-electron chi connectivity index (χ0n) is 16.2. The molecular weight excluding hydrogens is 457 g/mol. The number of carboxylic acid groups (broad SMARTS) is 1. The fraction of sp³-hybridized carbons (Fsp3) is 0.824. The third-order valence-electron chi connectivity index (χ3n) is 4.91. The molecule has 11 heteroatoms. The van der Waals surface area contributed by atoms with Gasteiger partial charge in [0.2, 0.25) is 11.8 Å². The molecule has 2 aliphatic heterocycles. The number of carboxylic acids is 1. The minimum atomic E-state index is -0.972. The molecule has 0 aromatic heterocycles. The van der Waals surface area contributed by atoms with Gasteiger partial charge in [0.25, 0.3) is 0 Å². The summed E-state index contributed by atoms with van der Waals surface area (Å²) >= 11 is 1.62. The number of amides is 2. The van der Waals surface area contributed by atoms with E-state index in [1.54, 1.807) is 11.8 Å². The highest BCUT2D eigenvalue weighted by Gasteiger charge is 2.54. The van der Waals surface area contributed by atoms with Crippen molar-refractivity contribution >= 4 is 83.5 Å². The number of nitrogens with zero attached hydrogens (tertiary/aromatic N) is 1. The van der Waals surface area contributed by atoms with Crippen LogP contribution < -0.4 is 5.32 Å². The van der Waals surface area contributed by atoms with E-state index in [-0.39, 0.29) is 84.5 Å². The van der Waals surface area contributed by atoms with Crippen LogP contribution in [0, 0.1) is 11.3 Å². The highest BCUT2D eigenvalue weighted by atomic mass is 32.2. The molecule has 2 heterocycles. The molecule has 2 aliphatic rings. The Hall–Kier alpha value is 0.160. The molecule has 0 aromatic carbocycles. The van der Waals surface area contributed by atoms with E-state index in [1.165, 1.54) is 4.90 Å². The van der Waals surface area contributed by atoms with Crippen LogP contribution in [0.1, 0.15) is 54.4 Å². The smallest absolute Gasteiger partial charge is 0.327 e. The molecule has 0 aromatic rings. The van der Waals surface area contributed by atoms with Crippen molar-refractivity contribution in [1.29, 1.82) is 0 Å². The Morgan fingerprint density at radius 3 is 2.29 bits per heavy atom. The van der Waals surface area contributed by atoms with Gasteiger partial charge in [-0.1, -0.05) is 35.1 Å². The first-order chi connectivity index (χ1) is 10.7. The molecule has 2 amide bonds. The largest absolute Gasteiger partial charge is 0.480 e. The topological polar surface area (TPSA) is 86.7 Å². The number of fused-ring (bicyclic) bond motifs is 1. The Labute approximate surface area is 201 Å². The van der Waals surface area contributed by atoms with Crippen LogP contribution in [-0.4, -0.2) is 51.0 Å². The Kier molecular flexibility index (Phi) is 18.1. The van der Waals surface area contributed by atoms with Gasteiger partial charge >= 0.3 is 5.97 Å². The second-order valence-corrected chi connectivity index (χ2v) is 8.45. The number of carbonyl (C=O) groups is 3. The first kappa shape index (κ1) is 35.6. The summed E-state index contributed by atoms with van der Waals surface area (Å²) in [4.78, 5) is 38.3. The number of thioether (sulfide) groups is 1. The predicted octanol–water partition coefficient (Wildman–Crippen LogP) is 2.78. The summed E-state index contributed by atoms with van der Waals surface area (Å²) in [5.74, 6) is -0.782. The fourth-order valence-corrected chi connectivity index (χ4v) is 4.90. The summed E-state index contributed by atoms with van der Waals surface area (Å²) in [6.07, 6.45) is 1.91. The van der Waals surface area contributed by atoms with Crippen molar-refractivity contribution < 1.29 is 19.5 Å². The maximum Gasteiger partial charge on any atom is 0.327 e. The monoisotopic (exact) mass is 494 g/mol. The molecular formula is C17H38N2O4S5. The van der Waals surface area contributed by atoms with E-state index in [0.29, 0.717) is 19.3 Å². The van der Waals surface area contributed by atoms with Crippen LogP contribution in [0.5, 0.6) is 0 Å². The average molecular weight is 495 g/mol. The summed E-state index contributed by atoms with van der Waals surface area (Å²) in [6.45, 7) is 7.53. The van der Waals surface area contributed by atoms with E-state index in [4.69, 9.17) is 0 Å². The molecule has 4 atom stereocenters. The zero-order valence-corrected chi connectivity index (χ0v) is 21.0. The van der Waals surface area contributed by atoms with E-state index >= 15 is 0 Å². The summed E-state index contributed by atoms with van der Waals surface area (Å²) in [5, 5.41) is 12.3. The second kappa shape index (κ2) is 14.2. The van der Waals surface area contributed by atoms with Crippen LogP contribution in [0.15, 0.2) is 0 Å². The van der Waals surface area contributed by atoms with Gasteiger partial charge in [-0.2, -0.15) is 54.0 Å². The molecule has 0 bridgehead atoms. The molecule has 6 nitrogen and oxygen atoms in total. The van der Waals surface area contributed by atoms with E-state index in [0.717, 1.165) is 5.75 Å². The molecule has 0 radical (unpaired) electrons. The Balaban J connectivity index is -0.000000576. The van der Waals surface area contributed by atoms with E-state index in [9.17, 15) is 19.5 Å². The molecule has 170 valence electrons. The number of hydrogen-bond acceptors (Lipinski definition) is 4. The van der Waals surface area contributed by atoms with Gasteiger partial charge in [0.1, 0.15) is 12.1 Å². The molecule has 0 saturated carbocycles. The Bertz CT molecular complexity index is 522. The van der Waals surface area contributed by atoms with Gasteiger partial charge in [-0.25, -0.2) is 4.79 Å². The highest BCUT2D eigenvalue weighted by molar-refractivity contribution is 7.99. The van der Waals surface area contributed by atoms with Gasteiger partial charge in [-0.05, 0) is 30.4 Å². The predicted molar refractivity (Wildman–Crippen MR) is 137 cm³/mol. The van der Waals surface area contributed by atoms with Crippen LogP contribution in [0.4, 0.5) is 0 Å². The van der Waals surface area contributed by atoms with Crippen molar-refractivity contribution in [3.05, 3.63) is 0 Å². The summed E-state index contributed by atoms with van der Waals surface area (Å²) in [5.41, 5.74) is -0.470. The molecule has 2 rings (SSSR count). The van der Waals surface area contributed by atoms with Crippen LogP contribution in [0.25, 0.3) is 0 Å². The van der Waals surface area contributed by atoms with Crippen LogP contribution in [0.3, 0.4) is 0 Å². The standard InChI is InChI=1S/C16H26N2O4S.CH4.4H2S/c1-5-9(2)13(19)17-10-6-7-23-11-8-16(3,4)12(15(21)22)18(11)14(10)20;;;;;/h9-12H,5-8H2,1-4H3,(H,17,19)(H,21,22);1H4;4*1H2/t9-,10+,11+,12-;;;;;/m1...../s1. The average Bonchev–Trinajstić information content (AvgIpc) is 2.66. The van der Waals surface area contributed by atoms with Crippen LogP contribution in [0.2, 0.25) is 0 Å². The molecule has 2 N–H and O–H groups in total. The number of aliphatic carboxylic acids is 1.